The van der Waals surface area contributed by atoms with E-state index in [1.54, 1.807) is 37.5 Å². The van der Waals surface area contributed by atoms with E-state index in [1.165, 1.54) is 33.7 Å². The van der Waals surface area contributed by atoms with E-state index in [2.05, 4.69) is 0 Å². The van der Waals surface area contributed by atoms with Crippen LogP contribution in [0.25, 0.3) is 17.0 Å². The molecule has 146 valence electrons. The van der Waals surface area contributed by atoms with E-state index in [0.717, 1.165) is 0 Å². The Labute approximate surface area is 161 Å². The van der Waals surface area contributed by atoms with E-state index in [1.807, 2.05) is 0 Å². The Morgan fingerprint density at radius 1 is 1.00 bits per heavy atom. The molecule has 0 saturated carbocycles. The van der Waals surface area contributed by atoms with Gasteiger partial charge in [-0.1, -0.05) is 0 Å². The van der Waals surface area contributed by atoms with Gasteiger partial charge in [0.25, 0.3) is 0 Å². The van der Waals surface area contributed by atoms with E-state index >= 15 is 0 Å². The number of benzene rings is 2. The second kappa shape index (κ2) is 7.96. The Balaban J connectivity index is 2.07. The molecule has 1 N–H and O–H groups in total. The Kier molecular flexibility index (Phi) is 5.44. The zero-order valence-electron chi connectivity index (χ0n) is 15.9. The van der Waals surface area contributed by atoms with Crippen molar-refractivity contribution in [1.29, 1.82) is 0 Å². The van der Waals surface area contributed by atoms with Crippen LogP contribution in [0.5, 0.6) is 28.7 Å². The number of furan rings is 1. The zero-order chi connectivity index (χ0) is 20.3. The Morgan fingerprint density at radius 3 is 2.39 bits per heavy atom. The number of allylic oxidation sites excluding steroid dienone is 1. The van der Waals surface area contributed by atoms with Gasteiger partial charge in [0.05, 0.1) is 40.1 Å². The molecule has 0 saturated heterocycles. The molecule has 0 aliphatic heterocycles. The van der Waals surface area contributed by atoms with Gasteiger partial charge in [0.15, 0.2) is 17.1 Å². The van der Waals surface area contributed by atoms with Gasteiger partial charge in [-0.05, 0) is 30.4 Å². The molecule has 2 aromatic carbocycles. The van der Waals surface area contributed by atoms with E-state index in [0.29, 0.717) is 28.0 Å². The molecule has 0 atom stereocenters. The number of phenols is 1. The van der Waals surface area contributed by atoms with Gasteiger partial charge < -0.3 is 28.5 Å². The quantitative estimate of drug-likeness (QED) is 0.485. The molecule has 0 spiro atoms. The largest absolute Gasteiger partial charge is 0.504 e. The summed E-state index contributed by atoms with van der Waals surface area (Å²) in [7, 11) is 5.89. The molecule has 0 unspecified atom stereocenters. The minimum Gasteiger partial charge on any atom is -0.504 e. The zero-order valence-corrected chi connectivity index (χ0v) is 15.9. The highest BCUT2D eigenvalue weighted by Crippen LogP contribution is 2.46. The van der Waals surface area contributed by atoms with Gasteiger partial charge in [-0.15, -0.1) is 0 Å². The van der Waals surface area contributed by atoms with Crippen molar-refractivity contribution < 1.29 is 33.3 Å². The first-order valence-corrected chi connectivity index (χ1v) is 8.34. The monoisotopic (exact) mass is 384 g/mol. The third kappa shape index (κ3) is 3.22. The summed E-state index contributed by atoms with van der Waals surface area (Å²) >= 11 is 0. The van der Waals surface area contributed by atoms with Crippen molar-refractivity contribution in [3.8, 4) is 28.7 Å². The average Bonchev–Trinajstić information content (AvgIpc) is 3.20. The van der Waals surface area contributed by atoms with E-state index in [-0.39, 0.29) is 22.8 Å². The molecular weight excluding hydrogens is 364 g/mol. The molecule has 0 fully saturated rings. The standard InChI is InChI=1S/C21H20O7/c1-24-13-7-5-12(16(11-13)25-2)6-8-15(22)17-18(23)21(27-4)20-14(9-10-28-20)19(17)26-3/h5-11,23H,1-4H3. The Hall–Kier alpha value is -3.61. The van der Waals surface area contributed by atoms with Crippen molar-refractivity contribution in [3.63, 3.8) is 0 Å². The number of rotatable bonds is 7. The van der Waals surface area contributed by atoms with Gasteiger partial charge in [-0.25, -0.2) is 0 Å². The highest BCUT2D eigenvalue weighted by Gasteiger charge is 2.26. The molecule has 7 heteroatoms. The molecule has 0 amide bonds. The third-order valence-corrected chi connectivity index (χ3v) is 4.30. The van der Waals surface area contributed by atoms with Gasteiger partial charge in [-0.2, -0.15) is 0 Å². The van der Waals surface area contributed by atoms with E-state index in [9.17, 15) is 9.90 Å². The lowest BCUT2D eigenvalue weighted by Crippen LogP contribution is -2.02. The molecule has 1 heterocycles. The van der Waals surface area contributed by atoms with Crippen molar-refractivity contribution in [2.75, 3.05) is 28.4 Å². The second-order valence-electron chi connectivity index (χ2n) is 5.76. The Morgan fingerprint density at radius 2 is 1.75 bits per heavy atom. The molecule has 7 nitrogen and oxygen atoms in total. The average molecular weight is 384 g/mol. The van der Waals surface area contributed by atoms with Crippen molar-refractivity contribution in [1.82, 2.24) is 0 Å². The number of hydrogen-bond acceptors (Lipinski definition) is 7. The number of ether oxygens (including phenoxy) is 4. The number of phenolic OH excluding ortho intramolecular Hbond substituents is 1. The van der Waals surface area contributed by atoms with Crippen LogP contribution < -0.4 is 18.9 Å². The van der Waals surface area contributed by atoms with Crippen LogP contribution in [0.2, 0.25) is 0 Å². The Bertz CT molecular complexity index is 1050. The maximum atomic E-state index is 12.9. The van der Waals surface area contributed by atoms with Crippen LogP contribution in [0.15, 0.2) is 41.0 Å². The molecule has 0 aliphatic carbocycles. The summed E-state index contributed by atoms with van der Waals surface area (Å²) in [6.45, 7) is 0. The number of aromatic hydroxyl groups is 1. The lowest BCUT2D eigenvalue weighted by molar-refractivity contribution is 0.104. The maximum Gasteiger partial charge on any atom is 0.205 e. The molecule has 0 aliphatic rings. The molecule has 0 bridgehead atoms. The van der Waals surface area contributed by atoms with Gasteiger partial charge in [-0.3, -0.25) is 4.79 Å². The number of methoxy groups -OCH3 is 4. The maximum absolute atomic E-state index is 12.9. The highest BCUT2D eigenvalue weighted by atomic mass is 16.5. The van der Waals surface area contributed by atoms with E-state index in [4.69, 9.17) is 23.4 Å². The molecular formula is C21H20O7. The lowest BCUT2D eigenvalue weighted by Gasteiger charge is -2.13. The molecule has 3 rings (SSSR count). The summed E-state index contributed by atoms with van der Waals surface area (Å²) in [5.74, 6) is 0.641. The second-order valence-corrected chi connectivity index (χ2v) is 5.76. The van der Waals surface area contributed by atoms with Crippen LogP contribution in [0.1, 0.15) is 15.9 Å². The van der Waals surface area contributed by atoms with Crippen LogP contribution in [-0.2, 0) is 0 Å². The number of fused-ring (bicyclic) bond motifs is 1. The van der Waals surface area contributed by atoms with Crippen molar-refractivity contribution >= 4 is 22.8 Å². The first kappa shape index (κ1) is 19.2. The van der Waals surface area contributed by atoms with Crippen LogP contribution in [0, 0.1) is 0 Å². The predicted molar refractivity (Wildman–Crippen MR) is 104 cm³/mol. The van der Waals surface area contributed by atoms with Gasteiger partial charge >= 0.3 is 0 Å². The summed E-state index contributed by atoms with van der Waals surface area (Å²) in [5.41, 5.74) is 0.956. The fourth-order valence-corrected chi connectivity index (χ4v) is 2.96. The normalized spacial score (nSPS) is 11.0. The van der Waals surface area contributed by atoms with Crippen molar-refractivity contribution in [2.45, 2.75) is 0 Å². The van der Waals surface area contributed by atoms with Crippen molar-refractivity contribution in [2.24, 2.45) is 0 Å². The fraction of sp³-hybridized carbons (Fsp3) is 0.190. The molecule has 0 radical (unpaired) electrons. The first-order chi connectivity index (χ1) is 13.5. The number of carbonyl (C=O) groups excluding carboxylic acids is 1. The molecule has 1 aromatic heterocycles. The van der Waals surface area contributed by atoms with Gasteiger partial charge in [0.2, 0.25) is 5.75 Å². The van der Waals surface area contributed by atoms with Crippen LogP contribution in [0.4, 0.5) is 0 Å². The van der Waals surface area contributed by atoms with Crippen molar-refractivity contribution in [3.05, 3.63) is 47.7 Å². The molecule has 28 heavy (non-hydrogen) atoms. The number of hydrogen-bond donors (Lipinski definition) is 1. The summed E-state index contributed by atoms with van der Waals surface area (Å²) in [6, 6.07) is 6.87. The minimum atomic E-state index is -0.464. The van der Waals surface area contributed by atoms with Crippen LogP contribution in [-0.4, -0.2) is 39.3 Å². The van der Waals surface area contributed by atoms with Gasteiger partial charge in [0, 0.05) is 11.6 Å². The van der Waals surface area contributed by atoms with Gasteiger partial charge in [0.1, 0.15) is 22.8 Å². The summed E-state index contributed by atoms with van der Waals surface area (Å²) in [6.07, 6.45) is 4.35. The molecule has 3 aromatic rings. The fourth-order valence-electron chi connectivity index (χ4n) is 2.96. The summed E-state index contributed by atoms with van der Waals surface area (Å²) < 4.78 is 26.5. The summed E-state index contributed by atoms with van der Waals surface area (Å²) in [4.78, 5) is 12.9. The highest BCUT2D eigenvalue weighted by molar-refractivity contribution is 6.15. The third-order valence-electron chi connectivity index (χ3n) is 4.30. The first-order valence-electron chi connectivity index (χ1n) is 8.34. The van der Waals surface area contributed by atoms with Crippen LogP contribution in [0.3, 0.4) is 0 Å². The minimum absolute atomic E-state index is 0.0167. The predicted octanol–water partition coefficient (Wildman–Crippen LogP) is 4.07. The number of carbonyl (C=O) groups is 1. The van der Waals surface area contributed by atoms with Crippen LogP contribution >= 0.6 is 0 Å². The van der Waals surface area contributed by atoms with E-state index < -0.39 is 5.78 Å². The summed E-state index contributed by atoms with van der Waals surface area (Å²) in [5, 5.41) is 11.1. The lowest BCUT2D eigenvalue weighted by atomic mass is 10.0. The number of ketones is 1. The smallest absolute Gasteiger partial charge is 0.205 e. The SMILES string of the molecule is COc1ccc(C=CC(=O)c2c(O)c(OC)c3occc3c2OC)c(OC)c1. The topological polar surface area (TPSA) is 87.4 Å².